The lowest BCUT2D eigenvalue weighted by Gasteiger charge is -2.38. The monoisotopic (exact) mass is 206 g/mol. The van der Waals surface area contributed by atoms with Crippen molar-refractivity contribution >= 4 is 0 Å². The summed E-state index contributed by atoms with van der Waals surface area (Å²) in [5.41, 5.74) is 1.69. The molecule has 0 heterocycles. The van der Waals surface area contributed by atoms with Crippen LogP contribution in [0.2, 0.25) is 0 Å². The Bertz CT molecular complexity index is 192. The summed E-state index contributed by atoms with van der Waals surface area (Å²) in [6.45, 7) is 0. The molecule has 2 spiro atoms. The molecule has 0 amide bonds. The summed E-state index contributed by atoms with van der Waals surface area (Å²) in [6.07, 6.45) is 20.3. The zero-order chi connectivity index (χ0) is 10.2. The summed E-state index contributed by atoms with van der Waals surface area (Å²) in [5.74, 6) is 0. The van der Waals surface area contributed by atoms with Gasteiger partial charge in [0, 0.05) is 0 Å². The molecular formula is C15H26. The summed E-state index contributed by atoms with van der Waals surface area (Å²) >= 11 is 0. The van der Waals surface area contributed by atoms with Crippen molar-refractivity contribution in [2.24, 2.45) is 10.8 Å². The van der Waals surface area contributed by atoms with E-state index in [2.05, 4.69) is 0 Å². The Morgan fingerprint density at radius 3 is 1.20 bits per heavy atom. The molecule has 3 fully saturated rings. The molecule has 0 N–H and O–H groups in total. The highest BCUT2D eigenvalue weighted by Crippen LogP contribution is 2.60. The van der Waals surface area contributed by atoms with Gasteiger partial charge in [0.05, 0.1) is 0 Å². The van der Waals surface area contributed by atoms with Gasteiger partial charge >= 0.3 is 0 Å². The van der Waals surface area contributed by atoms with Crippen LogP contribution in [0.3, 0.4) is 0 Å². The zero-order valence-electron chi connectivity index (χ0n) is 10.2. The zero-order valence-corrected chi connectivity index (χ0v) is 10.2. The SMILES string of the molecule is C1CCC2(CC1)CCC1(CCCCC1)C2. The van der Waals surface area contributed by atoms with E-state index in [4.69, 9.17) is 0 Å². The third-order valence-electron chi connectivity index (χ3n) is 5.76. The van der Waals surface area contributed by atoms with Crippen molar-refractivity contribution in [2.45, 2.75) is 83.5 Å². The molecule has 0 aromatic carbocycles. The van der Waals surface area contributed by atoms with E-state index in [0.29, 0.717) is 0 Å². The molecule has 0 bridgehead atoms. The fraction of sp³-hybridized carbons (Fsp3) is 1.00. The lowest BCUT2D eigenvalue weighted by Crippen LogP contribution is -2.26. The number of hydrogen-bond acceptors (Lipinski definition) is 0. The summed E-state index contributed by atoms with van der Waals surface area (Å²) in [6, 6.07) is 0. The maximum atomic E-state index is 1.62. The third kappa shape index (κ3) is 1.85. The fourth-order valence-electron chi connectivity index (χ4n) is 4.96. The first kappa shape index (κ1) is 10.2. The van der Waals surface area contributed by atoms with Gasteiger partial charge in [-0.3, -0.25) is 0 Å². The highest BCUT2D eigenvalue weighted by Gasteiger charge is 2.47. The second-order valence-corrected chi connectivity index (χ2v) is 6.80. The van der Waals surface area contributed by atoms with Crippen LogP contribution in [0.1, 0.15) is 83.5 Å². The largest absolute Gasteiger partial charge is 0.0533 e. The standard InChI is InChI=1S/C15H26/c1-3-7-14(8-4-1)11-12-15(13-14)9-5-2-6-10-15/h1-13H2. The van der Waals surface area contributed by atoms with Gasteiger partial charge in [-0.1, -0.05) is 38.5 Å². The highest BCUT2D eigenvalue weighted by atomic mass is 14.5. The van der Waals surface area contributed by atoms with Crippen LogP contribution in [-0.2, 0) is 0 Å². The van der Waals surface area contributed by atoms with Crippen molar-refractivity contribution in [1.29, 1.82) is 0 Å². The van der Waals surface area contributed by atoms with Crippen LogP contribution in [0.25, 0.3) is 0 Å². The van der Waals surface area contributed by atoms with Crippen LogP contribution in [0.4, 0.5) is 0 Å². The van der Waals surface area contributed by atoms with E-state index in [9.17, 15) is 0 Å². The van der Waals surface area contributed by atoms with E-state index in [0.717, 1.165) is 10.8 Å². The van der Waals surface area contributed by atoms with Gasteiger partial charge in [-0.2, -0.15) is 0 Å². The maximum Gasteiger partial charge on any atom is -0.0292 e. The van der Waals surface area contributed by atoms with E-state index < -0.39 is 0 Å². The van der Waals surface area contributed by atoms with Gasteiger partial charge in [-0.15, -0.1) is 0 Å². The average Bonchev–Trinajstić information content (AvgIpc) is 2.60. The molecule has 0 radical (unpaired) electrons. The Morgan fingerprint density at radius 1 is 0.400 bits per heavy atom. The fourth-order valence-corrected chi connectivity index (χ4v) is 4.96. The predicted molar refractivity (Wildman–Crippen MR) is 64.9 cm³/mol. The Hall–Kier alpha value is 0. The molecule has 3 aliphatic carbocycles. The Balaban J connectivity index is 1.70. The Morgan fingerprint density at radius 2 is 0.800 bits per heavy atom. The smallest absolute Gasteiger partial charge is 0.0292 e. The van der Waals surface area contributed by atoms with Gasteiger partial charge in [0.25, 0.3) is 0 Å². The van der Waals surface area contributed by atoms with Crippen LogP contribution < -0.4 is 0 Å². The Labute approximate surface area is 94.8 Å². The number of rotatable bonds is 0. The minimum Gasteiger partial charge on any atom is -0.0533 e. The molecule has 0 aromatic heterocycles. The minimum absolute atomic E-state index is 0.843. The van der Waals surface area contributed by atoms with E-state index >= 15 is 0 Å². The number of hydrogen-bond donors (Lipinski definition) is 0. The molecule has 3 rings (SSSR count). The van der Waals surface area contributed by atoms with Crippen molar-refractivity contribution in [3.63, 3.8) is 0 Å². The van der Waals surface area contributed by atoms with Crippen LogP contribution in [-0.4, -0.2) is 0 Å². The van der Waals surface area contributed by atoms with Crippen LogP contribution in [0, 0.1) is 10.8 Å². The van der Waals surface area contributed by atoms with Crippen molar-refractivity contribution in [3.05, 3.63) is 0 Å². The molecule has 0 saturated heterocycles. The molecule has 0 heteroatoms. The quantitative estimate of drug-likeness (QED) is 0.519. The molecular weight excluding hydrogens is 180 g/mol. The summed E-state index contributed by atoms with van der Waals surface area (Å²) < 4.78 is 0. The van der Waals surface area contributed by atoms with Crippen LogP contribution in [0.15, 0.2) is 0 Å². The molecule has 0 aliphatic heterocycles. The highest BCUT2D eigenvalue weighted by molar-refractivity contribution is 4.99. The molecule has 0 unspecified atom stereocenters. The second-order valence-electron chi connectivity index (χ2n) is 6.80. The minimum atomic E-state index is 0.843. The lowest BCUT2D eigenvalue weighted by molar-refractivity contribution is 0.132. The molecule has 15 heavy (non-hydrogen) atoms. The van der Waals surface area contributed by atoms with Crippen molar-refractivity contribution in [1.82, 2.24) is 0 Å². The first-order chi connectivity index (χ1) is 7.33. The van der Waals surface area contributed by atoms with Gasteiger partial charge in [0.15, 0.2) is 0 Å². The van der Waals surface area contributed by atoms with Gasteiger partial charge < -0.3 is 0 Å². The summed E-state index contributed by atoms with van der Waals surface area (Å²) in [5, 5.41) is 0. The van der Waals surface area contributed by atoms with Gasteiger partial charge in [-0.25, -0.2) is 0 Å². The van der Waals surface area contributed by atoms with Crippen LogP contribution >= 0.6 is 0 Å². The van der Waals surface area contributed by atoms with E-state index in [1.54, 1.807) is 44.9 Å². The molecule has 0 nitrogen and oxygen atoms in total. The van der Waals surface area contributed by atoms with Gasteiger partial charge in [0.1, 0.15) is 0 Å². The van der Waals surface area contributed by atoms with Crippen LogP contribution in [0.5, 0.6) is 0 Å². The van der Waals surface area contributed by atoms with E-state index in [1.165, 1.54) is 38.5 Å². The van der Waals surface area contributed by atoms with Gasteiger partial charge in [-0.05, 0) is 55.8 Å². The Kier molecular flexibility index (Phi) is 2.57. The van der Waals surface area contributed by atoms with Crippen molar-refractivity contribution in [2.75, 3.05) is 0 Å². The first-order valence-corrected chi connectivity index (χ1v) is 7.33. The predicted octanol–water partition coefficient (Wildman–Crippen LogP) is 5.07. The summed E-state index contributed by atoms with van der Waals surface area (Å²) in [4.78, 5) is 0. The lowest BCUT2D eigenvalue weighted by atomic mass is 9.67. The third-order valence-corrected chi connectivity index (χ3v) is 5.76. The molecule has 86 valence electrons. The van der Waals surface area contributed by atoms with Crippen molar-refractivity contribution in [3.8, 4) is 0 Å². The first-order valence-electron chi connectivity index (χ1n) is 7.33. The molecule has 3 aliphatic rings. The normalized spacial score (nSPS) is 33.6. The molecule has 0 aromatic rings. The van der Waals surface area contributed by atoms with Gasteiger partial charge in [0.2, 0.25) is 0 Å². The summed E-state index contributed by atoms with van der Waals surface area (Å²) in [7, 11) is 0. The van der Waals surface area contributed by atoms with E-state index in [-0.39, 0.29) is 0 Å². The molecule has 3 saturated carbocycles. The maximum absolute atomic E-state index is 1.62. The average molecular weight is 206 g/mol. The topological polar surface area (TPSA) is 0 Å². The molecule has 0 atom stereocenters. The van der Waals surface area contributed by atoms with Crippen molar-refractivity contribution < 1.29 is 0 Å². The van der Waals surface area contributed by atoms with E-state index in [1.807, 2.05) is 0 Å². The second kappa shape index (κ2) is 3.79.